The molecule has 0 aliphatic carbocycles. The summed E-state index contributed by atoms with van der Waals surface area (Å²) in [5.74, 6) is 0.740. The smallest absolute Gasteiger partial charge is 0.330 e. The van der Waals surface area contributed by atoms with E-state index in [0.29, 0.717) is 17.1 Å². The van der Waals surface area contributed by atoms with Crippen molar-refractivity contribution in [3.63, 3.8) is 0 Å². The van der Waals surface area contributed by atoms with Crippen LogP contribution in [0.5, 0.6) is 11.5 Å². The van der Waals surface area contributed by atoms with Gasteiger partial charge in [0.2, 0.25) is 0 Å². The molecule has 2 N–H and O–H groups in total. The van der Waals surface area contributed by atoms with E-state index in [4.69, 9.17) is 47.5 Å². The Labute approximate surface area is 241 Å². The van der Waals surface area contributed by atoms with Gasteiger partial charge >= 0.3 is 5.69 Å². The van der Waals surface area contributed by atoms with E-state index in [-0.39, 0.29) is 33.6 Å². The lowest BCUT2D eigenvalue weighted by Gasteiger charge is -2.37. The molecular formula is C24H32Cl2N6O7Si. The first-order valence-electron chi connectivity index (χ1n) is 12.3. The molecule has 3 rings (SSSR count). The molecular weight excluding hydrogens is 583 g/mol. The second kappa shape index (κ2) is 12.7. The number of aromatic nitrogens is 2. The van der Waals surface area contributed by atoms with Crippen molar-refractivity contribution in [3.8, 4) is 11.5 Å². The van der Waals surface area contributed by atoms with Gasteiger partial charge in [-0.2, -0.15) is 0 Å². The molecule has 2 aromatic rings. The predicted octanol–water partition coefficient (Wildman–Crippen LogP) is 4.75. The number of aliphatic hydroxyl groups is 1. The number of nitrogens with one attached hydrogen (secondary N) is 1. The standard InChI is InChI=1S/C24H32Cl2N6O7Si/c1-24(2,3)40(5,6)39-21-17(36-4)7-15(25)14(20(21)26)10-29-38-16-8-19(37-18(16)12-33)32-11-13(9-28-31-27)22(34)30-23(32)35/h7,10-11,16,18-19,33H,8-9,12H2,1-6H3,(H,30,34,35)/b29-10+/t16-,18-,19-/m1/s1. The second-order valence-electron chi connectivity index (χ2n) is 10.6. The van der Waals surface area contributed by atoms with Crippen molar-refractivity contribution in [1.29, 1.82) is 0 Å². The minimum absolute atomic E-state index is 0.0726. The van der Waals surface area contributed by atoms with Gasteiger partial charge in [-0.05, 0) is 23.7 Å². The van der Waals surface area contributed by atoms with Crippen LogP contribution in [0.4, 0.5) is 0 Å². The number of oxime groups is 1. The SMILES string of the molecule is COc1cc(Cl)c(/C=N/O[C@@H]2C[C@H](n3cc(CN=[N+]=[N-])c(=O)[nH]c3=O)O[C@@H]2CO)c(Cl)c1O[Si](C)(C)C(C)(C)C. The number of halogens is 2. The van der Waals surface area contributed by atoms with Crippen molar-refractivity contribution in [1.82, 2.24) is 9.55 Å². The highest BCUT2D eigenvalue weighted by atomic mass is 35.5. The summed E-state index contributed by atoms with van der Waals surface area (Å²) in [6.45, 7) is 9.78. The van der Waals surface area contributed by atoms with Gasteiger partial charge in [0.05, 0.1) is 36.5 Å². The molecule has 1 aromatic heterocycles. The van der Waals surface area contributed by atoms with Crippen LogP contribution in [0, 0.1) is 0 Å². The monoisotopic (exact) mass is 614 g/mol. The van der Waals surface area contributed by atoms with Gasteiger partial charge in [-0.3, -0.25) is 14.3 Å². The van der Waals surface area contributed by atoms with E-state index in [2.05, 4.69) is 54.0 Å². The molecule has 2 heterocycles. The van der Waals surface area contributed by atoms with Crippen LogP contribution in [0.2, 0.25) is 28.2 Å². The molecule has 40 heavy (non-hydrogen) atoms. The summed E-state index contributed by atoms with van der Waals surface area (Å²) in [6, 6.07) is 1.58. The highest BCUT2D eigenvalue weighted by Crippen LogP contribution is 2.46. The zero-order chi connectivity index (χ0) is 29.8. The van der Waals surface area contributed by atoms with Gasteiger partial charge in [0.15, 0.2) is 17.6 Å². The number of rotatable bonds is 10. The summed E-state index contributed by atoms with van der Waals surface area (Å²) < 4.78 is 18.8. The first-order valence-corrected chi connectivity index (χ1v) is 16.0. The largest absolute Gasteiger partial charge is 0.540 e. The number of H-pyrrole nitrogens is 1. The molecule has 1 fully saturated rings. The Balaban J connectivity index is 1.85. The lowest BCUT2D eigenvalue weighted by molar-refractivity contribution is -0.0613. The number of methoxy groups -OCH3 is 1. The van der Waals surface area contributed by atoms with Crippen LogP contribution >= 0.6 is 23.2 Å². The van der Waals surface area contributed by atoms with E-state index in [1.54, 1.807) is 6.07 Å². The number of azide groups is 1. The fourth-order valence-corrected chi connectivity index (χ4v) is 5.29. The summed E-state index contributed by atoms with van der Waals surface area (Å²) in [5.41, 5.74) is 7.56. The number of hydrogen-bond donors (Lipinski definition) is 2. The second-order valence-corrected chi connectivity index (χ2v) is 16.1. The molecule has 1 aromatic carbocycles. The van der Waals surface area contributed by atoms with E-state index < -0.39 is 44.6 Å². The maximum absolute atomic E-state index is 12.4. The van der Waals surface area contributed by atoms with Crippen LogP contribution in [-0.4, -0.2) is 55.1 Å². The Bertz CT molecular complexity index is 1430. The number of nitrogens with zero attached hydrogens (tertiary/aromatic N) is 5. The Kier molecular flexibility index (Phi) is 9.98. The number of ether oxygens (including phenoxy) is 2. The number of aliphatic hydroxyl groups excluding tert-OH is 1. The molecule has 0 radical (unpaired) electrons. The first kappa shape index (κ1) is 31.5. The Morgan fingerprint density at radius 3 is 2.65 bits per heavy atom. The molecule has 1 saturated heterocycles. The predicted molar refractivity (Wildman–Crippen MR) is 153 cm³/mol. The summed E-state index contributed by atoms with van der Waals surface area (Å²) in [5, 5.41) is 17.6. The summed E-state index contributed by atoms with van der Waals surface area (Å²) in [6.07, 6.45) is 0.212. The topological polar surface area (TPSA) is 173 Å². The Morgan fingerprint density at radius 2 is 2.05 bits per heavy atom. The van der Waals surface area contributed by atoms with Crippen molar-refractivity contribution in [3.05, 3.63) is 64.7 Å². The van der Waals surface area contributed by atoms with Gasteiger partial charge < -0.3 is 23.8 Å². The van der Waals surface area contributed by atoms with Gasteiger partial charge in [-0.1, -0.05) is 54.2 Å². The lowest BCUT2D eigenvalue weighted by Crippen LogP contribution is -2.44. The van der Waals surface area contributed by atoms with Crippen molar-refractivity contribution >= 4 is 37.7 Å². The zero-order valence-electron chi connectivity index (χ0n) is 23.0. The molecule has 0 amide bonds. The van der Waals surface area contributed by atoms with Crippen LogP contribution in [0.3, 0.4) is 0 Å². The minimum Gasteiger partial charge on any atom is -0.540 e. The molecule has 0 bridgehead atoms. The van der Waals surface area contributed by atoms with Crippen molar-refractivity contribution in [2.75, 3.05) is 13.7 Å². The highest BCUT2D eigenvalue weighted by Gasteiger charge is 2.41. The maximum Gasteiger partial charge on any atom is 0.330 e. The molecule has 13 nitrogen and oxygen atoms in total. The van der Waals surface area contributed by atoms with E-state index in [9.17, 15) is 14.7 Å². The molecule has 0 saturated carbocycles. The third kappa shape index (κ3) is 6.82. The summed E-state index contributed by atoms with van der Waals surface area (Å²) in [7, 11) is -0.796. The van der Waals surface area contributed by atoms with Gasteiger partial charge in [0.25, 0.3) is 13.9 Å². The lowest BCUT2D eigenvalue weighted by atomic mass is 10.2. The molecule has 218 valence electrons. The third-order valence-electron chi connectivity index (χ3n) is 6.95. The molecule has 0 spiro atoms. The summed E-state index contributed by atoms with van der Waals surface area (Å²) >= 11 is 13.2. The van der Waals surface area contributed by atoms with Crippen LogP contribution < -0.4 is 20.4 Å². The summed E-state index contributed by atoms with van der Waals surface area (Å²) in [4.78, 5) is 34.8. The molecule has 1 aliphatic rings. The van der Waals surface area contributed by atoms with Crippen LogP contribution in [0.25, 0.3) is 10.4 Å². The number of aromatic amines is 1. The van der Waals surface area contributed by atoms with Crippen LogP contribution in [0.1, 0.15) is 44.5 Å². The fraction of sp³-hybridized carbons (Fsp3) is 0.542. The van der Waals surface area contributed by atoms with E-state index in [1.165, 1.54) is 19.5 Å². The quantitative estimate of drug-likeness (QED) is 0.0969. The maximum atomic E-state index is 12.4. The number of benzene rings is 1. The van der Waals surface area contributed by atoms with Gasteiger partial charge in [-0.15, -0.1) is 0 Å². The van der Waals surface area contributed by atoms with Gasteiger partial charge in [0.1, 0.15) is 12.3 Å². The van der Waals surface area contributed by atoms with Crippen molar-refractivity contribution in [2.45, 2.75) is 70.3 Å². The zero-order valence-corrected chi connectivity index (χ0v) is 25.5. The average molecular weight is 616 g/mol. The first-order chi connectivity index (χ1) is 18.7. The highest BCUT2D eigenvalue weighted by molar-refractivity contribution is 6.74. The van der Waals surface area contributed by atoms with E-state index >= 15 is 0 Å². The van der Waals surface area contributed by atoms with E-state index in [0.717, 1.165) is 4.57 Å². The minimum atomic E-state index is -2.29. The van der Waals surface area contributed by atoms with E-state index in [1.807, 2.05) is 0 Å². The fourth-order valence-electron chi connectivity index (χ4n) is 3.64. The van der Waals surface area contributed by atoms with Crippen LogP contribution in [0.15, 0.2) is 32.1 Å². The molecule has 1 aliphatic heterocycles. The average Bonchev–Trinajstić information content (AvgIpc) is 3.29. The van der Waals surface area contributed by atoms with Gasteiger partial charge in [0, 0.05) is 34.7 Å². The Hall–Kier alpha value is -3.00. The van der Waals surface area contributed by atoms with Crippen LogP contribution in [-0.2, 0) is 16.1 Å². The Morgan fingerprint density at radius 1 is 1.35 bits per heavy atom. The molecule has 0 unspecified atom stereocenters. The number of hydrogen-bond acceptors (Lipinski definition) is 9. The third-order valence-corrected chi connectivity index (χ3v) is 12.0. The van der Waals surface area contributed by atoms with Crippen molar-refractivity contribution in [2.24, 2.45) is 10.3 Å². The van der Waals surface area contributed by atoms with Gasteiger partial charge in [-0.25, -0.2) is 4.79 Å². The normalized spacial score (nSPS) is 19.5. The van der Waals surface area contributed by atoms with Crippen molar-refractivity contribution < 1.29 is 23.8 Å². The molecule has 3 atom stereocenters. The molecule has 16 heteroatoms.